The third kappa shape index (κ3) is 3.65. The fraction of sp³-hybridized carbons (Fsp3) is 0.214. The van der Waals surface area contributed by atoms with E-state index >= 15 is 0 Å². The molecule has 0 bridgehead atoms. The molecule has 2 aromatic rings. The van der Waals surface area contributed by atoms with Gasteiger partial charge in [-0.15, -0.1) is 0 Å². The van der Waals surface area contributed by atoms with Crippen molar-refractivity contribution >= 4 is 15.9 Å². The average Bonchev–Trinajstić information content (AvgIpc) is 2.33. The molecular formula is C14H15BrN2. The van der Waals surface area contributed by atoms with Crippen LogP contribution in [0.15, 0.2) is 53.1 Å². The Bertz CT molecular complexity index is 471. The fourth-order valence-electron chi connectivity index (χ4n) is 1.81. The molecule has 0 saturated carbocycles. The van der Waals surface area contributed by atoms with E-state index in [1.165, 1.54) is 5.56 Å². The summed E-state index contributed by atoms with van der Waals surface area (Å²) in [5.74, 6) is 0. The number of benzene rings is 1. The zero-order chi connectivity index (χ0) is 12.1. The summed E-state index contributed by atoms with van der Waals surface area (Å²) in [6.45, 7) is 0. The van der Waals surface area contributed by atoms with Gasteiger partial charge in [0, 0.05) is 28.8 Å². The van der Waals surface area contributed by atoms with Gasteiger partial charge < -0.3 is 5.73 Å². The smallest absolute Gasteiger partial charge is 0.0419 e. The van der Waals surface area contributed by atoms with Crippen molar-refractivity contribution in [1.29, 1.82) is 0 Å². The molecule has 0 radical (unpaired) electrons. The predicted octanol–water partition coefficient (Wildman–Crippen LogP) is 2.96. The van der Waals surface area contributed by atoms with Gasteiger partial charge in [0.15, 0.2) is 0 Å². The molecule has 0 fully saturated rings. The highest BCUT2D eigenvalue weighted by Gasteiger charge is 2.08. The molecule has 0 saturated heterocycles. The lowest BCUT2D eigenvalue weighted by Crippen LogP contribution is -2.26. The van der Waals surface area contributed by atoms with Crippen LogP contribution in [-0.4, -0.2) is 11.0 Å². The molecule has 2 N–H and O–H groups in total. The van der Waals surface area contributed by atoms with Gasteiger partial charge in [-0.3, -0.25) is 4.98 Å². The van der Waals surface area contributed by atoms with Crippen molar-refractivity contribution < 1.29 is 0 Å². The lowest BCUT2D eigenvalue weighted by Gasteiger charge is -2.12. The molecule has 3 heteroatoms. The molecule has 1 atom stereocenters. The van der Waals surface area contributed by atoms with E-state index in [2.05, 4.69) is 27.0 Å². The number of hydrogen-bond donors (Lipinski definition) is 1. The molecule has 1 aromatic heterocycles. The van der Waals surface area contributed by atoms with Crippen LogP contribution in [0.25, 0.3) is 0 Å². The summed E-state index contributed by atoms with van der Waals surface area (Å²) in [5, 5.41) is 0. The summed E-state index contributed by atoms with van der Waals surface area (Å²) >= 11 is 3.54. The van der Waals surface area contributed by atoms with E-state index in [1.54, 1.807) is 6.20 Å². The van der Waals surface area contributed by atoms with Crippen LogP contribution in [0.5, 0.6) is 0 Å². The summed E-state index contributed by atoms with van der Waals surface area (Å²) in [7, 11) is 0. The van der Waals surface area contributed by atoms with Gasteiger partial charge in [0.05, 0.1) is 0 Å². The normalized spacial score (nSPS) is 12.4. The van der Waals surface area contributed by atoms with Crippen molar-refractivity contribution in [3.05, 3.63) is 64.4 Å². The summed E-state index contributed by atoms with van der Waals surface area (Å²) in [5.41, 5.74) is 8.44. The maximum absolute atomic E-state index is 6.15. The Labute approximate surface area is 110 Å². The van der Waals surface area contributed by atoms with Crippen LogP contribution < -0.4 is 5.73 Å². The Kier molecular flexibility index (Phi) is 4.29. The average molecular weight is 291 g/mol. The summed E-state index contributed by atoms with van der Waals surface area (Å²) in [6, 6.07) is 14.2. The molecule has 1 heterocycles. The van der Waals surface area contributed by atoms with Gasteiger partial charge >= 0.3 is 0 Å². The summed E-state index contributed by atoms with van der Waals surface area (Å²) in [4.78, 5) is 4.29. The Hall–Kier alpha value is -1.19. The van der Waals surface area contributed by atoms with Gasteiger partial charge in [0.1, 0.15) is 0 Å². The number of rotatable bonds is 4. The first-order valence-corrected chi connectivity index (χ1v) is 6.44. The highest BCUT2D eigenvalue weighted by molar-refractivity contribution is 9.10. The number of nitrogens with zero attached hydrogens (tertiary/aromatic N) is 1. The van der Waals surface area contributed by atoms with Crippen molar-refractivity contribution in [3.8, 4) is 0 Å². The van der Waals surface area contributed by atoms with Crippen molar-refractivity contribution in [3.63, 3.8) is 0 Å². The second-order valence-electron chi connectivity index (χ2n) is 4.08. The van der Waals surface area contributed by atoms with Gasteiger partial charge in [-0.25, -0.2) is 0 Å². The van der Waals surface area contributed by atoms with E-state index in [0.717, 1.165) is 23.0 Å². The molecule has 0 aliphatic heterocycles. The van der Waals surface area contributed by atoms with Crippen molar-refractivity contribution in [2.24, 2.45) is 5.73 Å². The second kappa shape index (κ2) is 5.94. The summed E-state index contributed by atoms with van der Waals surface area (Å²) in [6.07, 6.45) is 3.47. The molecule has 2 rings (SSSR count). The van der Waals surface area contributed by atoms with E-state index in [-0.39, 0.29) is 6.04 Å². The minimum atomic E-state index is 0.101. The van der Waals surface area contributed by atoms with Crippen molar-refractivity contribution in [2.45, 2.75) is 18.9 Å². The van der Waals surface area contributed by atoms with Gasteiger partial charge in [-0.05, 0) is 30.2 Å². The highest BCUT2D eigenvalue weighted by atomic mass is 79.9. The fourth-order valence-corrected chi connectivity index (χ4v) is 2.25. The number of hydrogen-bond acceptors (Lipinski definition) is 2. The van der Waals surface area contributed by atoms with Gasteiger partial charge in [-0.1, -0.05) is 40.2 Å². The molecule has 17 heavy (non-hydrogen) atoms. The van der Waals surface area contributed by atoms with E-state index in [4.69, 9.17) is 5.73 Å². The van der Waals surface area contributed by atoms with Crippen LogP contribution in [-0.2, 0) is 12.8 Å². The standard InChI is InChI=1S/C14H15BrN2/c15-14-7-2-1-5-11(14)9-12(16)10-13-6-3-4-8-17-13/h1-8,12H,9-10,16H2. The first-order valence-electron chi connectivity index (χ1n) is 5.64. The Morgan fingerprint density at radius 2 is 1.82 bits per heavy atom. The predicted molar refractivity (Wildman–Crippen MR) is 73.8 cm³/mol. The number of aromatic nitrogens is 1. The molecule has 0 aliphatic rings. The van der Waals surface area contributed by atoms with E-state index in [0.29, 0.717) is 0 Å². The topological polar surface area (TPSA) is 38.9 Å². The molecule has 0 amide bonds. The minimum Gasteiger partial charge on any atom is -0.327 e. The molecule has 2 nitrogen and oxygen atoms in total. The highest BCUT2D eigenvalue weighted by Crippen LogP contribution is 2.17. The zero-order valence-electron chi connectivity index (χ0n) is 9.51. The number of pyridine rings is 1. The SMILES string of the molecule is NC(Cc1ccccn1)Cc1ccccc1Br. The lowest BCUT2D eigenvalue weighted by atomic mass is 10.0. The minimum absolute atomic E-state index is 0.101. The maximum atomic E-state index is 6.15. The quantitative estimate of drug-likeness (QED) is 0.940. The van der Waals surface area contributed by atoms with Gasteiger partial charge in [0.2, 0.25) is 0 Å². The second-order valence-corrected chi connectivity index (χ2v) is 4.94. The third-order valence-electron chi connectivity index (χ3n) is 2.64. The molecule has 0 aliphatic carbocycles. The Morgan fingerprint density at radius 1 is 1.06 bits per heavy atom. The number of nitrogens with two attached hydrogens (primary N) is 1. The van der Waals surface area contributed by atoms with Crippen LogP contribution in [0.1, 0.15) is 11.3 Å². The Morgan fingerprint density at radius 3 is 2.53 bits per heavy atom. The van der Waals surface area contributed by atoms with Gasteiger partial charge in [0.25, 0.3) is 0 Å². The van der Waals surface area contributed by atoms with Crippen LogP contribution in [0.3, 0.4) is 0 Å². The van der Waals surface area contributed by atoms with E-state index in [9.17, 15) is 0 Å². The molecule has 1 aromatic carbocycles. The van der Waals surface area contributed by atoms with Crippen LogP contribution in [0.4, 0.5) is 0 Å². The lowest BCUT2D eigenvalue weighted by molar-refractivity contribution is 0.653. The van der Waals surface area contributed by atoms with Crippen LogP contribution in [0.2, 0.25) is 0 Å². The van der Waals surface area contributed by atoms with Crippen molar-refractivity contribution in [2.75, 3.05) is 0 Å². The molecule has 88 valence electrons. The van der Waals surface area contributed by atoms with Gasteiger partial charge in [-0.2, -0.15) is 0 Å². The molecular weight excluding hydrogens is 276 g/mol. The van der Waals surface area contributed by atoms with Crippen LogP contribution in [0, 0.1) is 0 Å². The zero-order valence-corrected chi connectivity index (χ0v) is 11.1. The van der Waals surface area contributed by atoms with Crippen molar-refractivity contribution in [1.82, 2.24) is 4.98 Å². The summed E-state index contributed by atoms with van der Waals surface area (Å²) < 4.78 is 1.12. The first kappa shape index (κ1) is 12.3. The van der Waals surface area contributed by atoms with E-state index in [1.807, 2.05) is 36.4 Å². The molecule has 1 unspecified atom stereocenters. The van der Waals surface area contributed by atoms with Crippen LogP contribution >= 0.6 is 15.9 Å². The Balaban J connectivity index is 1.98. The number of halogens is 1. The molecule has 0 spiro atoms. The third-order valence-corrected chi connectivity index (χ3v) is 3.41. The monoisotopic (exact) mass is 290 g/mol. The van der Waals surface area contributed by atoms with E-state index < -0.39 is 0 Å². The largest absolute Gasteiger partial charge is 0.327 e. The first-order chi connectivity index (χ1) is 8.25. The maximum Gasteiger partial charge on any atom is 0.0419 e.